The fraction of sp³-hybridized carbons (Fsp3) is 0.286. The molecular formula is C14H15BrN2O. The van der Waals surface area contributed by atoms with Gasteiger partial charge < -0.3 is 4.57 Å². The topological polar surface area (TPSA) is 34.9 Å². The Morgan fingerprint density at radius 1 is 1.44 bits per heavy atom. The first-order chi connectivity index (χ1) is 8.58. The molecule has 0 saturated carbocycles. The second-order valence-corrected chi connectivity index (χ2v) is 5.22. The summed E-state index contributed by atoms with van der Waals surface area (Å²) in [6.45, 7) is 2.01. The average Bonchev–Trinajstić information content (AvgIpc) is 2.72. The number of ketones is 1. The second kappa shape index (κ2) is 5.48. The molecule has 0 aliphatic heterocycles. The second-order valence-electron chi connectivity index (χ2n) is 4.36. The Morgan fingerprint density at radius 2 is 2.22 bits per heavy atom. The Labute approximate surface area is 115 Å². The molecule has 0 atom stereocenters. The van der Waals surface area contributed by atoms with E-state index < -0.39 is 0 Å². The Kier molecular flexibility index (Phi) is 3.97. The third kappa shape index (κ3) is 2.88. The van der Waals surface area contributed by atoms with Crippen LogP contribution in [0.3, 0.4) is 0 Å². The zero-order valence-electron chi connectivity index (χ0n) is 10.5. The smallest absolute Gasteiger partial charge is 0.164 e. The van der Waals surface area contributed by atoms with Gasteiger partial charge in [0.2, 0.25) is 0 Å². The monoisotopic (exact) mass is 306 g/mol. The number of carbonyl (C=O) groups excluding carboxylic acids is 1. The number of benzene rings is 1. The zero-order valence-corrected chi connectivity index (χ0v) is 12.1. The molecule has 1 aromatic carbocycles. The number of imidazole rings is 1. The molecule has 0 aliphatic carbocycles. The van der Waals surface area contributed by atoms with Gasteiger partial charge in [-0.25, -0.2) is 4.98 Å². The van der Waals surface area contributed by atoms with Gasteiger partial charge in [-0.3, -0.25) is 4.79 Å². The van der Waals surface area contributed by atoms with Crippen LogP contribution in [0.4, 0.5) is 0 Å². The van der Waals surface area contributed by atoms with Gasteiger partial charge in [0.05, 0.1) is 0 Å². The number of hydrogen-bond donors (Lipinski definition) is 0. The van der Waals surface area contributed by atoms with Crippen LogP contribution in [0.25, 0.3) is 0 Å². The van der Waals surface area contributed by atoms with Crippen molar-refractivity contribution in [2.75, 3.05) is 0 Å². The van der Waals surface area contributed by atoms with Crippen molar-refractivity contribution in [2.24, 2.45) is 7.05 Å². The molecule has 18 heavy (non-hydrogen) atoms. The lowest BCUT2D eigenvalue weighted by atomic mass is 10.0. The molecule has 0 N–H and O–H groups in total. The average molecular weight is 307 g/mol. The largest absolute Gasteiger partial charge is 0.338 e. The fourth-order valence-electron chi connectivity index (χ4n) is 1.84. The van der Waals surface area contributed by atoms with Crippen LogP contribution in [0.15, 0.2) is 35.1 Å². The molecule has 4 heteroatoms. The van der Waals surface area contributed by atoms with E-state index in [-0.39, 0.29) is 5.78 Å². The first kappa shape index (κ1) is 13.0. The van der Waals surface area contributed by atoms with Crippen LogP contribution >= 0.6 is 15.9 Å². The molecule has 0 bridgehead atoms. The van der Waals surface area contributed by atoms with Gasteiger partial charge in [-0.2, -0.15) is 0 Å². The van der Waals surface area contributed by atoms with Crippen LogP contribution in [-0.4, -0.2) is 15.3 Å². The van der Waals surface area contributed by atoms with E-state index in [0.717, 1.165) is 21.4 Å². The Balaban J connectivity index is 2.06. The summed E-state index contributed by atoms with van der Waals surface area (Å²) in [4.78, 5) is 16.3. The van der Waals surface area contributed by atoms with Crippen molar-refractivity contribution in [1.29, 1.82) is 0 Å². The van der Waals surface area contributed by atoms with Crippen LogP contribution in [-0.2, 0) is 13.5 Å². The maximum Gasteiger partial charge on any atom is 0.164 e. The van der Waals surface area contributed by atoms with Crippen molar-refractivity contribution in [3.8, 4) is 0 Å². The number of Topliss-reactive ketones (excluding diaryl/α,β-unsaturated/α-hetero) is 1. The Bertz CT molecular complexity index is 575. The van der Waals surface area contributed by atoms with E-state index in [1.807, 2.05) is 42.9 Å². The number of aryl methyl sites for hydroxylation is 3. The summed E-state index contributed by atoms with van der Waals surface area (Å²) < 4.78 is 2.81. The minimum atomic E-state index is 0.143. The first-order valence-electron chi connectivity index (χ1n) is 5.83. The molecule has 2 rings (SSSR count). The van der Waals surface area contributed by atoms with Crippen LogP contribution in [0.1, 0.15) is 28.2 Å². The quantitative estimate of drug-likeness (QED) is 0.812. The van der Waals surface area contributed by atoms with Gasteiger partial charge in [-0.05, 0) is 18.6 Å². The highest BCUT2D eigenvalue weighted by Crippen LogP contribution is 2.20. The van der Waals surface area contributed by atoms with Crippen molar-refractivity contribution in [3.05, 3.63) is 52.0 Å². The highest BCUT2D eigenvalue weighted by atomic mass is 79.9. The first-order valence-corrected chi connectivity index (χ1v) is 6.63. The third-order valence-electron chi connectivity index (χ3n) is 2.92. The standard InChI is InChI=1S/C14H15BrN2O/c1-10-3-4-11(12(15)9-10)13(18)5-6-14-16-7-8-17(14)2/h3-4,7-9H,5-6H2,1-2H3. The summed E-state index contributed by atoms with van der Waals surface area (Å²) in [6, 6.07) is 5.80. The van der Waals surface area contributed by atoms with E-state index in [1.165, 1.54) is 0 Å². The van der Waals surface area contributed by atoms with E-state index in [0.29, 0.717) is 12.8 Å². The lowest BCUT2D eigenvalue weighted by molar-refractivity contribution is 0.0981. The van der Waals surface area contributed by atoms with Gasteiger partial charge in [0, 0.05) is 42.3 Å². The molecule has 0 saturated heterocycles. The van der Waals surface area contributed by atoms with E-state index >= 15 is 0 Å². The predicted molar refractivity (Wildman–Crippen MR) is 74.7 cm³/mol. The molecule has 0 amide bonds. The van der Waals surface area contributed by atoms with Crippen molar-refractivity contribution in [2.45, 2.75) is 19.8 Å². The van der Waals surface area contributed by atoms with Crippen molar-refractivity contribution in [1.82, 2.24) is 9.55 Å². The highest BCUT2D eigenvalue weighted by Gasteiger charge is 2.11. The molecule has 2 aromatic rings. The number of halogens is 1. The summed E-state index contributed by atoms with van der Waals surface area (Å²) in [5, 5.41) is 0. The summed E-state index contributed by atoms with van der Waals surface area (Å²) >= 11 is 3.44. The van der Waals surface area contributed by atoms with Gasteiger partial charge >= 0.3 is 0 Å². The van der Waals surface area contributed by atoms with Crippen molar-refractivity contribution < 1.29 is 4.79 Å². The minimum Gasteiger partial charge on any atom is -0.338 e. The molecular weight excluding hydrogens is 292 g/mol. The Morgan fingerprint density at radius 3 is 2.83 bits per heavy atom. The summed E-state index contributed by atoms with van der Waals surface area (Å²) in [5.74, 6) is 1.08. The van der Waals surface area contributed by atoms with E-state index in [2.05, 4.69) is 20.9 Å². The molecule has 0 unspecified atom stereocenters. The van der Waals surface area contributed by atoms with E-state index in [4.69, 9.17) is 0 Å². The van der Waals surface area contributed by atoms with Gasteiger partial charge in [-0.1, -0.05) is 28.1 Å². The maximum absolute atomic E-state index is 12.1. The fourth-order valence-corrected chi connectivity index (χ4v) is 2.56. The lowest BCUT2D eigenvalue weighted by Gasteiger charge is -2.05. The SMILES string of the molecule is Cc1ccc(C(=O)CCc2nccn2C)c(Br)c1. The Hall–Kier alpha value is -1.42. The van der Waals surface area contributed by atoms with Gasteiger partial charge in [0.1, 0.15) is 5.82 Å². The lowest BCUT2D eigenvalue weighted by Crippen LogP contribution is -2.05. The number of hydrogen-bond acceptors (Lipinski definition) is 2. The minimum absolute atomic E-state index is 0.143. The summed E-state index contributed by atoms with van der Waals surface area (Å²) in [6.07, 6.45) is 4.79. The molecule has 3 nitrogen and oxygen atoms in total. The maximum atomic E-state index is 12.1. The molecule has 0 fully saturated rings. The van der Waals surface area contributed by atoms with Crippen LogP contribution in [0.5, 0.6) is 0 Å². The van der Waals surface area contributed by atoms with Crippen molar-refractivity contribution >= 4 is 21.7 Å². The zero-order chi connectivity index (χ0) is 13.1. The summed E-state index contributed by atoms with van der Waals surface area (Å²) in [7, 11) is 1.94. The summed E-state index contributed by atoms with van der Waals surface area (Å²) in [5.41, 5.74) is 1.89. The molecule has 1 aromatic heterocycles. The van der Waals surface area contributed by atoms with Crippen LogP contribution < -0.4 is 0 Å². The number of aromatic nitrogens is 2. The molecule has 0 radical (unpaired) electrons. The number of nitrogens with zero attached hydrogens (tertiary/aromatic N) is 2. The van der Waals surface area contributed by atoms with Gasteiger partial charge in [-0.15, -0.1) is 0 Å². The van der Waals surface area contributed by atoms with Gasteiger partial charge in [0.15, 0.2) is 5.78 Å². The molecule has 0 aliphatic rings. The van der Waals surface area contributed by atoms with Crippen molar-refractivity contribution in [3.63, 3.8) is 0 Å². The molecule has 94 valence electrons. The third-order valence-corrected chi connectivity index (χ3v) is 3.58. The number of carbonyl (C=O) groups is 1. The van der Waals surface area contributed by atoms with Crippen LogP contribution in [0.2, 0.25) is 0 Å². The molecule has 1 heterocycles. The molecule has 0 spiro atoms. The predicted octanol–water partition coefficient (Wildman–Crippen LogP) is 3.31. The normalized spacial score (nSPS) is 10.6. The van der Waals surface area contributed by atoms with Gasteiger partial charge in [0.25, 0.3) is 0 Å². The number of rotatable bonds is 4. The van der Waals surface area contributed by atoms with Crippen LogP contribution in [0, 0.1) is 6.92 Å². The van der Waals surface area contributed by atoms with E-state index in [9.17, 15) is 4.79 Å². The van der Waals surface area contributed by atoms with E-state index in [1.54, 1.807) is 6.20 Å². The highest BCUT2D eigenvalue weighted by molar-refractivity contribution is 9.10.